The lowest BCUT2D eigenvalue weighted by Gasteiger charge is -2.16. The fraction of sp³-hybridized carbons (Fsp3) is 0.318. The standard InChI is InChI=1S/C22H26N2O7/c1-28-17-7-3-15(4-8-17)13-30-20(25)12-11-19(24-22(23)27)21(26)31-14-16-5-9-18(29-2)10-6-16/h3-10,19H,11-14H2,1-2H3,(H3,23,24,27)/t19-/m0/s1. The molecule has 9 heteroatoms. The second kappa shape index (κ2) is 12.1. The number of nitrogens with two attached hydrogens (primary N) is 1. The maximum absolute atomic E-state index is 12.3. The molecule has 2 aromatic carbocycles. The highest BCUT2D eigenvalue weighted by Crippen LogP contribution is 2.14. The fourth-order valence-corrected chi connectivity index (χ4v) is 2.62. The molecule has 2 aromatic rings. The molecule has 0 unspecified atom stereocenters. The lowest BCUT2D eigenvalue weighted by Crippen LogP contribution is -2.44. The number of esters is 2. The zero-order valence-corrected chi connectivity index (χ0v) is 17.5. The van der Waals surface area contributed by atoms with Gasteiger partial charge in [-0.2, -0.15) is 0 Å². The summed E-state index contributed by atoms with van der Waals surface area (Å²) in [5.74, 6) is 0.160. The molecule has 0 aliphatic carbocycles. The first-order chi connectivity index (χ1) is 14.9. The zero-order valence-electron chi connectivity index (χ0n) is 17.5. The molecule has 166 valence electrons. The fourth-order valence-electron chi connectivity index (χ4n) is 2.62. The van der Waals surface area contributed by atoms with E-state index >= 15 is 0 Å². The van der Waals surface area contributed by atoms with Gasteiger partial charge in [0.15, 0.2) is 0 Å². The summed E-state index contributed by atoms with van der Waals surface area (Å²) in [5.41, 5.74) is 6.67. The van der Waals surface area contributed by atoms with Gasteiger partial charge in [-0.1, -0.05) is 24.3 Å². The van der Waals surface area contributed by atoms with E-state index in [1.54, 1.807) is 62.8 Å². The highest BCUT2D eigenvalue weighted by atomic mass is 16.5. The molecule has 3 N–H and O–H groups in total. The number of carbonyl (C=O) groups is 3. The van der Waals surface area contributed by atoms with Crippen LogP contribution in [0.5, 0.6) is 11.5 Å². The number of nitrogens with one attached hydrogen (secondary N) is 1. The lowest BCUT2D eigenvalue weighted by atomic mass is 10.1. The second-order valence-corrected chi connectivity index (χ2v) is 6.56. The van der Waals surface area contributed by atoms with Crippen LogP contribution in [0, 0.1) is 0 Å². The molecule has 0 heterocycles. The first-order valence-electron chi connectivity index (χ1n) is 9.55. The van der Waals surface area contributed by atoms with Gasteiger partial charge in [-0.3, -0.25) is 4.79 Å². The Balaban J connectivity index is 1.82. The van der Waals surface area contributed by atoms with Crippen LogP contribution in [-0.2, 0) is 32.3 Å². The summed E-state index contributed by atoms with van der Waals surface area (Å²) in [5, 5.41) is 2.30. The van der Waals surface area contributed by atoms with E-state index in [4.69, 9.17) is 24.7 Å². The third kappa shape index (κ3) is 8.25. The molecule has 9 nitrogen and oxygen atoms in total. The molecule has 0 bridgehead atoms. The predicted molar refractivity (Wildman–Crippen MR) is 111 cm³/mol. The van der Waals surface area contributed by atoms with Crippen molar-refractivity contribution in [3.05, 3.63) is 59.7 Å². The number of rotatable bonds is 11. The molecule has 0 saturated carbocycles. The van der Waals surface area contributed by atoms with E-state index in [-0.39, 0.29) is 26.1 Å². The minimum atomic E-state index is -1.07. The maximum Gasteiger partial charge on any atom is 0.329 e. The Labute approximate surface area is 180 Å². The van der Waals surface area contributed by atoms with Gasteiger partial charge < -0.3 is 30.0 Å². The van der Waals surface area contributed by atoms with Gasteiger partial charge in [-0.15, -0.1) is 0 Å². The maximum atomic E-state index is 12.3. The van der Waals surface area contributed by atoms with Crippen LogP contribution in [-0.4, -0.2) is 38.2 Å². The number of carbonyl (C=O) groups excluding carboxylic acids is 3. The van der Waals surface area contributed by atoms with E-state index < -0.39 is 24.0 Å². The summed E-state index contributed by atoms with van der Waals surface area (Å²) in [6.07, 6.45) is -0.107. The number of ether oxygens (including phenoxy) is 4. The smallest absolute Gasteiger partial charge is 0.329 e. The van der Waals surface area contributed by atoms with Crippen LogP contribution in [0.3, 0.4) is 0 Å². The molecule has 0 radical (unpaired) electrons. The van der Waals surface area contributed by atoms with Gasteiger partial charge >= 0.3 is 18.0 Å². The van der Waals surface area contributed by atoms with Crippen molar-refractivity contribution in [2.75, 3.05) is 14.2 Å². The first kappa shape index (κ1) is 23.5. The van der Waals surface area contributed by atoms with Crippen LogP contribution in [0.25, 0.3) is 0 Å². The van der Waals surface area contributed by atoms with Crippen molar-refractivity contribution in [2.45, 2.75) is 32.1 Å². The van der Waals surface area contributed by atoms with Crippen molar-refractivity contribution in [3.8, 4) is 11.5 Å². The van der Waals surface area contributed by atoms with E-state index in [0.29, 0.717) is 11.5 Å². The first-order valence-corrected chi connectivity index (χ1v) is 9.55. The van der Waals surface area contributed by atoms with Gasteiger partial charge in [-0.05, 0) is 41.8 Å². The number of primary amides is 1. The minimum Gasteiger partial charge on any atom is -0.497 e. The Morgan fingerprint density at radius 3 is 1.77 bits per heavy atom. The average Bonchev–Trinajstić information content (AvgIpc) is 2.79. The predicted octanol–water partition coefficient (Wildman–Crippen LogP) is 2.31. The summed E-state index contributed by atoms with van der Waals surface area (Å²) in [6.45, 7) is 0.0837. The number of methoxy groups -OCH3 is 2. The topological polar surface area (TPSA) is 126 Å². The quantitative estimate of drug-likeness (QED) is 0.524. The van der Waals surface area contributed by atoms with E-state index in [1.165, 1.54) is 0 Å². The number of urea groups is 1. The summed E-state index contributed by atoms with van der Waals surface area (Å²) in [4.78, 5) is 35.6. The Morgan fingerprint density at radius 1 is 0.839 bits per heavy atom. The van der Waals surface area contributed by atoms with E-state index in [0.717, 1.165) is 11.1 Å². The Kier molecular flexibility index (Phi) is 9.15. The SMILES string of the molecule is COc1ccc(COC(=O)CC[C@H](NC(N)=O)C(=O)OCc2ccc(OC)cc2)cc1. The van der Waals surface area contributed by atoms with Crippen molar-refractivity contribution in [1.29, 1.82) is 0 Å². The van der Waals surface area contributed by atoms with Crippen molar-refractivity contribution in [1.82, 2.24) is 5.32 Å². The summed E-state index contributed by atoms with van der Waals surface area (Å²) >= 11 is 0. The van der Waals surface area contributed by atoms with Crippen LogP contribution in [0.1, 0.15) is 24.0 Å². The third-order valence-corrected chi connectivity index (χ3v) is 4.34. The number of hydrogen-bond acceptors (Lipinski definition) is 7. The summed E-state index contributed by atoms with van der Waals surface area (Å²) in [7, 11) is 3.12. The molecule has 0 saturated heterocycles. The van der Waals surface area contributed by atoms with Crippen molar-refractivity contribution in [3.63, 3.8) is 0 Å². The Hall–Kier alpha value is -3.75. The van der Waals surface area contributed by atoms with Gasteiger partial charge in [0.25, 0.3) is 0 Å². The molecule has 1 atom stereocenters. The van der Waals surface area contributed by atoms with Crippen LogP contribution in [0.4, 0.5) is 4.79 Å². The minimum absolute atomic E-state index is 0.00167. The van der Waals surface area contributed by atoms with Crippen LogP contribution in [0.2, 0.25) is 0 Å². The van der Waals surface area contributed by atoms with Crippen molar-refractivity contribution >= 4 is 18.0 Å². The van der Waals surface area contributed by atoms with Crippen molar-refractivity contribution in [2.24, 2.45) is 5.73 Å². The second-order valence-electron chi connectivity index (χ2n) is 6.56. The Morgan fingerprint density at radius 2 is 1.32 bits per heavy atom. The molecule has 0 aliphatic rings. The van der Waals surface area contributed by atoms with Crippen LogP contribution >= 0.6 is 0 Å². The molecule has 0 fully saturated rings. The number of hydrogen-bond donors (Lipinski definition) is 2. The van der Waals surface area contributed by atoms with Crippen LogP contribution in [0.15, 0.2) is 48.5 Å². The summed E-state index contributed by atoms with van der Waals surface area (Å²) in [6, 6.07) is 12.1. The molecule has 0 spiro atoms. The molecule has 0 aliphatic heterocycles. The monoisotopic (exact) mass is 430 g/mol. The van der Waals surface area contributed by atoms with Gasteiger partial charge in [0.2, 0.25) is 0 Å². The molecular formula is C22H26N2O7. The van der Waals surface area contributed by atoms with Crippen molar-refractivity contribution < 1.29 is 33.3 Å². The largest absolute Gasteiger partial charge is 0.497 e. The van der Waals surface area contributed by atoms with E-state index in [9.17, 15) is 14.4 Å². The van der Waals surface area contributed by atoms with E-state index in [2.05, 4.69) is 5.32 Å². The van der Waals surface area contributed by atoms with Gasteiger partial charge in [0.1, 0.15) is 30.8 Å². The molecule has 2 amide bonds. The third-order valence-electron chi connectivity index (χ3n) is 4.34. The van der Waals surface area contributed by atoms with Gasteiger partial charge in [0, 0.05) is 6.42 Å². The average molecular weight is 430 g/mol. The molecule has 0 aromatic heterocycles. The normalized spacial score (nSPS) is 11.2. The highest BCUT2D eigenvalue weighted by molar-refractivity contribution is 5.83. The number of benzene rings is 2. The molecule has 2 rings (SSSR count). The Bertz CT molecular complexity index is 866. The summed E-state index contributed by atoms with van der Waals surface area (Å²) < 4.78 is 20.6. The molecule has 31 heavy (non-hydrogen) atoms. The van der Waals surface area contributed by atoms with Crippen LogP contribution < -0.4 is 20.5 Å². The van der Waals surface area contributed by atoms with Gasteiger partial charge in [-0.25, -0.2) is 9.59 Å². The lowest BCUT2D eigenvalue weighted by molar-refractivity contribution is -0.148. The van der Waals surface area contributed by atoms with E-state index in [1.807, 2.05) is 0 Å². The van der Waals surface area contributed by atoms with Gasteiger partial charge in [0.05, 0.1) is 14.2 Å². The highest BCUT2D eigenvalue weighted by Gasteiger charge is 2.23. The number of amides is 2. The molecular weight excluding hydrogens is 404 g/mol. The zero-order chi connectivity index (χ0) is 22.6.